The second-order valence-corrected chi connectivity index (χ2v) is 0.885. The number of nitrogens with one attached hydrogen (secondary N) is 1. The van der Waals surface area contributed by atoms with Gasteiger partial charge in [-0.3, -0.25) is 0 Å². The van der Waals surface area contributed by atoms with E-state index in [1.807, 2.05) is 24.5 Å². The Hall–Kier alpha value is -0.123. The van der Waals surface area contributed by atoms with Crippen molar-refractivity contribution in [1.82, 2.24) is 4.98 Å². The van der Waals surface area contributed by atoms with Crippen LogP contribution in [-0.4, -0.2) is 23.8 Å². The molecular weight excluding hydrogens is 69.0 g/mol. The van der Waals surface area contributed by atoms with E-state index in [2.05, 4.69) is 4.98 Å². The number of rotatable bonds is 0. The molecule has 0 aliphatic carbocycles. The van der Waals surface area contributed by atoms with E-state index < -0.39 is 0 Å². The minimum Gasteiger partial charge on any atom is -0.368 e. The van der Waals surface area contributed by atoms with Crippen LogP contribution in [-0.2, 0) is 0 Å². The van der Waals surface area contributed by atoms with Gasteiger partial charge in [-0.15, -0.1) is 0 Å². The van der Waals surface area contributed by atoms with Crippen LogP contribution in [0.25, 0.3) is 0 Å². The fraction of sp³-hybridized carbons (Fsp3) is 0. The van der Waals surface area contributed by atoms with Crippen molar-refractivity contribution >= 4 is 18.9 Å². The van der Waals surface area contributed by atoms with Gasteiger partial charge in [-0.25, -0.2) is 0 Å². The predicted octanol–water partition coefficient (Wildman–Crippen LogP) is 0.366. The van der Waals surface area contributed by atoms with Crippen LogP contribution in [0.4, 0.5) is 0 Å². The van der Waals surface area contributed by atoms with Crippen molar-refractivity contribution in [1.29, 1.82) is 0 Å². The summed E-state index contributed by atoms with van der Waals surface area (Å²) in [7, 11) is 0. The zero-order chi connectivity index (χ0) is 3.54. The average molecular weight is 75.0 g/mol. The van der Waals surface area contributed by atoms with Crippen LogP contribution in [0.3, 0.4) is 0 Å². The molecule has 1 rings (SSSR count). The summed E-state index contributed by atoms with van der Waals surface area (Å²) in [5.41, 5.74) is 0. The molecule has 0 aliphatic rings. The third-order valence-electron chi connectivity index (χ3n) is 0.496. The van der Waals surface area contributed by atoms with E-state index in [1.54, 1.807) is 0 Å². The third kappa shape index (κ3) is 1.35. The van der Waals surface area contributed by atoms with E-state index in [-0.39, 0.29) is 18.9 Å². The first kappa shape index (κ1) is 5.88. The van der Waals surface area contributed by atoms with Crippen molar-refractivity contribution in [3.8, 4) is 0 Å². The molecule has 1 aromatic rings. The van der Waals surface area contributed by atoms with Crippen LogP contribution in [0, 0.1) is 0 Å². The van der Waals surface area contributed by atoms with Gasteiger partial charge in [0.25, 0.3) is 0 Å². The van der Waals surface area contributed by atoms with Gasteiger partial charge in [-0.1, -0.05) is 0 Å². The van der Waals surface area contributed by atoms with Gasteiger partial charge in [0.2, 0.25) is 0 Å². The molecule has 0 saturated carbocycles. The Labute approximate surface area is 48.9 Å². The molecule has 1 heterocycles. The number of aromatic nitrogens is 1. The fourth-order valence-electron chi connectivity index (χ4n) is 0.278. The van der Waals surface area contributed by atoms with Gasteiger partial charge >= 0.3 is 18.9 Å². The summed E-state index contributed by atoms with van der Waals surface area (Å²) in [5.74, 6) is 0. The SMILES string of the molecule is [LiH].c1cc[nH]c1. The molecule has 0 aromatic carbocycles. The summed E-state index contributed by atoms with van der Waals surface area (Å²) < 4.78 is 0. The monoisotopic (exact) mass is 75.1 g/mol. The van der Waals surface area contributed by atoms with Crippen LogP contribution in [0.2, 0.25) is 0 Å². The number of hydrogen-bond acceptors (Lipinski definition) is 0. The molecule has 0 spiro atoms. The van der Waals surface area contributed by atoms with Crippen molar-refractivity contribution in [2.45, 2.75) is 0 Å². The van der Waals surface area contributed by atoms with Gasteiger partial charge in [0, 0.05) is 12.4 Å². The maximum Gasteiger partial charge on any atom is 0.000496 e. The van der Waals surface area contributed by atoms with Crippen LogP contribution in [0.5, 0.6) is 0 Å². The van der Waals surface area contributed by atoms with Crippen LogP contribution < -0.4 is 0 Å². The van der Waals surface area contributed by atoms with Crippen LogP contribution >= 0.6 is 0 Å². The molecule has 1 N–H and O–H groups in total. The largest absolute Gasteiger partial charge is 0.368 e. The van der Waals surface area contributed by atoms with E-state index in [9.17, 15) is 0 Å². The van der Waals surface area contributed by atoms with Gasteiger partial charge in [-0.2, -0.15) is 0 Å². The summed E-state index contributed by atoms with van der Waals surface area (Å²) in [4.78, 5) is 2.86. The standard InChI is InChI=1S/C4H5N.Li.H/c1-2-4-5-3-1;;/h1-5H;;. The normalized spacial score (nSPS) is 6.67. The first-order valence-corrected chi connectivity index (χ1v) is 1.58. The van der Waals surface area contributed by atoms with Crippen molar-refractivity contribution in [3.63, 3.8) is 0 Å². The van der Waals surface area contributed by atoms with Crippen molar-refractivity contribution in [3.05, 3.63) is 24.5 Å². The van der Waals surface area contributed by atoms with Crippen molar-refractivity contribution < 1.29 is 0 Å². The minimum atomic E-state index is 0. The molecular formula is C4H6LiN. The van der Waals surface area contributed by atoms with Gasteiger partial charge in [0.1, 0.15) is 0 Å². The van der Waals surface area contributed by atoms with Crippen molar-refractivity contribution in [2.24, 2.45) is 0 Å². The summed E-state index contributed by atoms with van der Waals surface area (Å²) >= 11 is 0. The molecule has 0 amide bonds. The number of H-pyrrole nitrogens is 1. The quantitative estimate of drug-likeness (QED) is 0.429. The first-order chi connectivity index (χ1) is 2.50. The molecule has 0 bridgehead atoms. The first-order valence-electron chi connectivity index (χ1n) is 1.58. The molecule has 6 heavy (non-hydrogen) atoms. The Morgan fingerprint density at radius 3 is 1.67 bits per heavy atom. The molecule has 1 aromatic heterocycles. The Morgan fingerprint density at radius 1 is 1.00 bits per heavy atom. The zero-order valence-electron chi connectivity index (χ0n) is 2.81. The number of hydrogen-bond donors (Lipinski definition) is 1. The van der Waals surface area contributed by atoms with E-state index in [4.69, 9.17) is 0 Å². The minimum absolute atomic E-state index is 0. The Balaban J connectivity index is 0.000000250. The maximum absolute atomic E-state index is 2.86. The van der Waals surface area contributed by atoms with Gasteiger partial charge in [0.05, 0.1) is 0 Å². The van der Waals surface area contributed by atoms with Gasteiger partial charge < -0.3 is 4.98 Å². The van der Waals surface area contributed by atoms with E-state index in [0.29, 0.717) is 0 Å². The summed E-state index contributed by atoms with van der Waals surface area (Å²) in [6, 6.07) is 3.89. The zero-order valence-corrected chi connectivity index (χ0v) is 2.81. The molecule has 0 atom stereocenters. The molecule has 0 saturated heterocycles. The Kier molecular flexibility index (Phi) is 3.02. The second kappa shape index (κ2) is 3.08. The summed E-state index contributed by atoms with van der Waals surface area (Å²) in [6.07, 6.45) is 3.75. The van der Waals surface area contributed by atoms with E-state index in [1.165, 1.54) is 0 Å². The summed E-state index contributed by atoms with van der Waals surface area (Å²) in [6.45, 7) is 0. The molecule has 1 nitrogen and oxygen atoms in total. The molecule has 2 heteroatoms. The van der Waals surface area contributed by atoms with Crippen LogP contribution in [0.15, 0.2) is 24.5 Å². The van der Waals surface area contributed by atoms with Crippen molar-refractivity contribution in [2.75, 3.05) is 0 Å². The molecule has 0 unspecified atom stereocenters. The van der Waals surface area contributed by atoms with E-state index in [0.717, 1.165) is 0 Å². The van der Waals surface area contributed by atoms with Crippen LogP contribution in [0.1, 0.15) is 0 Å². The molecule has 0 fully saturated rings. The fourth-order valence-corrected chi connectivity index (χ4v) is 0.278. The second-order valence-electron chi connectivity index (χ2n) is 0.885. The Morgan fingerprint density at radius 2 is 1.50 bits per heavy atom. The maximum atomic E-state index is 2.86. The summed E-state index contributed by atoms with van der Waals surface area (Å²) in [5, 5.41) is 0. The average Bonchev–Trinajstić information content (AvgIpc) is 1.76. The molecule has 28 valence electrons. The van der Waals surface area contributed by atoms with Gasteiger partial charge in [0.15, 0.2) is 0 Å². The predicted molar refractivity (Wildman–Crippen MR) is 27.9 cm³/mol. The topological polar surface area (TPSA) is 15.8 Å². The Bertz CT molecular complexity index is 64.0. The smallest absolute Gasteiger partial charge is 0.000496 e. The van der Waals surface area contributed by atoms with E-state index >= 15 is 0 Å². The van der Waals surface area contributed by atoms with Gasteiger partial charge in [-0.05, 0) is 12.1 Å². The third-order valence-corrected chi connectivity index (χ3v) is 0.496. The number of aromatic amines is 1. The molecule has 0 aliphatic heterocycles. The molecule has 0 radical (unpaired) electrons.